The molecule has 1 aromatic heterocycles. The Bertz CT molecular complexity index is 1330. The molecular weight excluding hydrogens is 474 g/mol. The van der Waals surface area contributed by atoms with E-state index in [1.165, 1.54) is 14.2 Å². The minimum atomic E-state index is -0.382. The van der Waals surface area contributed by atoms with Gasteiger partial charge in [0.15, 0.2) is 11.5 Å². The Morgan fingerprint density at radius 3 is 2.49 bits per heavy atom. The SMILES string of the molecule is COc1cc2[nH]c(N3CCC(OCc4cccc(N=C(C)N(C)C)c4)CC3)nc(=O)c2c(OC)c1OC. The van der Waals surface area contributed by atoms with Crippen LogP contribution in [-0.2, 0) is 11.3 Å². The molecular formula is C27H35N5O5. The second kappa shape index (κ2) is 11.5. The van der Waals surface area contributed by atoms with Crippen LogP contribution in [0.1, 0.15) is 25.3 Å². The highest BCUT2D eigenvalue weighted by Gasteiger charge is 2.24. The molecule has 0 amide bonds. The molecule has 2 aromatic carbocycles. The van der Waals surface area contributed by atoms with Gasteiger partial charge in [-0.3, -0.25) is 4.79 Å². The summed E-state index contributed by atoms with van der Waals surface area (Å²) in [5.74, 6) is 2.60. The first-order valence-corrected chi connectivity index (χ1v) is 12.3. The van der Waals surface area contributed by atoms with Gasteiger partial charge in [0.2, 0.25) is 11.7 Å². The summed E-state index contributed by atoms with van der Waals surface area (Å²) in [5, 5.41) is 0.328. The van der Waals surface area contributed by atoms with Gasteiger partial charge < -0.3 is 33.7 Å². The Labute approximate surface area is 216 Å². The minimum absolute atomic E-state index is 0.128. The van der Waals surface area contributed by atoms with Crippen molar-refractivity contribution in [2.75, 3.05) is 53.4 Å². The molecule has 0 aliphatic carbocycles. The van der Waals surface area contributed by atoms with Crippen LogP contribution in [0.5, 0.6) is 17.2 Å². The lowest BCUT2D eigenvalue weighted by molar-refractivity contribution is 0.0250. The van der Waals surface area contributed by atoms with Gasteiger partial charge in [-0.2, -0.15) is 4.98 Å². The van der Waals surface area contributed by atoms with Gasteiger partial charge >= 0.3 is 0 Å². The Hall–Kier alpha value is -3.79. The number of hydrogen-bond acceptors (Lipinski definition) is 8. The number of nitrogens with one attached hydrogen (secondary N) is 1. The highest BCUT2D eigenvalue weighted by atomic mass is 16.5. The average molecular weight is 510 g/mol. The lowest BCUT2D eigenvalue weighted by Gasteiger charge is -2.32. The van der Waals surface area contributed by atoms with Crippen LogP contribution in [0.25, 0.3) is 10.9 Å². The Kier molecular flexibility index (Phi) is 8.17. The fourth-order valence-corrected chi connectivity index (χ4v) is 4.37. The van der Waals surface area contributed by atoms with Gasteiger partial charge in [-0.05, 0) is 37.5 Å². The number of hydrogen-bond donors (Lipinski definition) is 1. The fraction of sp³-hybridized carbons (Fsp3) is 0.444. The molecule has 37 heavy (non-hydrogen) atoms. The maximum atomic E-state index is 13.0. The van der Waals surface area contributed by atoms with E-state index in [0.717, 1.165) is 43.0 Å². The zero-order valence-electron chi connectivity index (χ0n) is 22.3. The minimum Gasteiger partial charge on any atom is -0.493 e. The van der Waals surface area contributed by atoms with E-state index >= 15 is 0 Å². The number of piperidine rings is 1. The fourth-order valence-electron chi connectivity index (χ4n) is 4.37. The van der Waals surface area contributed by atoms with Crippen LogP contribution in [0.2, 0.25) is 0 Å². The largest absolute Gasteiger partial charge is 0.493 e. The van der Waals surface area contributed by atoms with E-state index in [2.05, 4.69) is 32.0 Å². The molecule has 0 bridgehead atoms. The number of ether oxygens (including phenoxy) is 4. The first-order chi connectivity index (χ1) is 17.8. The topological polar surface area (TPSA) is 102 Å². The van der Waals surface area contributed by atoms with Gasteiger partial charge in [-0.25, -0.2) is 4.99 Å². The van der Waals surface area contributed by atoms with E-state index in [1.54, 1.807) is 13.2 Å². The molecule has 0 unspecified atom stereocenters. The van der Waals surface area contributed by atoms with E-state index in [1.807, 2.05) is 38.1 Å². The van der Waals surface area contributed by atoms with Gasteiger partial charge in [0.1, 0.15) is 11.2 Å². The molecule has 1 aliphatic heterocycles. The van der Waals surface area contributed by atoms with Crippen LogP contribution >= 0.6 is 0 Å². The number of H-pyrrole nitrogens is 1. The molecule has 198 valence electrons. The number of aromatic nitrogens is 2. The van der Waals surface area contributed by atoms with Crippen molar-refractivity contribution in [3.8, 4) is 17.2 Å². The highest BCUT2D eigenvalue weighted by Crippen LogP contribution is 2.41. The highest BCUT2D eigenvalue weighted by molar-refractivity contribution is 5.90. The van der Waals surface area contributed by atoms with Crippen molar-refractivity contribution in [1.82, 2.24) is 14.9 Å². The molecule has 1 fully saturated rings. The molecule has 0 radical (unpaired) electrons. The zero-order chi connectivity index (χ0) is 26.5. The number of rotatable bonds is 8. The summed E-state index contributed by atoms with van der Waals surface area (Å²) in [6.07, 6.45) is 1.78. The van der Waals surface area contributed by atoms with Crippen molar-refractivity contribution in [3.05, 3.63) is 46.2 Å². The van der Waals surface area contributed by atoms with Crippen LogP contribution in [0.3, 0.4) is 0 Å². The first kappa shape index (κ1) is 26.3. The van der Waals surface area contributed by atoms with Crippen molar-refractivity contribution in [2.24, 2.45) is 4.99 Å². The Balaban J connectivity index is 1.43. The van der Waals surface area contributed by atoms with Crippen molar-refractivity contribution < 1.29 is 18.9 Å². The number of nitrogens with zero attached hydrogens (tertiary/aromatic N) is 4. The first-order valence-electron chi connectivity index (χ1n) is 12.3. The van der Waals surface area contributed by atoms with E-state index in [0.29, 0.717) is 40.7 Å². The molecule has 4 rings (SSSR count). The maximum Gasteiger partial charge on any atom is 0.286 e. The van der Waals surface area contributed by atoms with Gasteiger partial charge in [-0.15, -0.1) is 0 Å². The lowest BCUT2D eigenvalue weighted by Crippen LogP contribution is -2.38. The maximum absolute atomic E-state index is 13.0. The van der Waals surface area contributed by atoms with E-state index in [9.17, 15) is 4.79 Å². The van der Waals surface area contributed by atoms with Gasteiger partial charge in [0.25, 0.3) is 5.56 Å². The molecule has 0 spiro atoms. The van der Waals surface area contributed by atoms with E-state index in [4.69, 9.17) is 18.9 Å². The monoisotopic (exact) mass is 509 g/mol. The predicted molar refractivity (Wildman–Crippen MR) is 145 cm³/mol. The number of amidine groups is 1. The molecule has 0 atom stereocenters. The van der Waals surface area contributed by atoms with Gasteiger partial charge in [-0.1, -0.05) is 12.1 Å². The van der Waals surface area contributed by atoms with E-state index in [-0.39, 0.29) is 11.7 Å². The smallest absolute Gasteiger partial charge is 0.286 e. The number of anilines is 1. The van der Waals surface area contributed by atoms with Crippen molar-refractivity contribution in [3.63, 3.8) is 0 Å². The molecule has 1 N–H and O–H groups in total. The summed E-state index contributed by atoms with van der Waals surface area (Å²) in [4.78, 5) is 29.3. The normalized spacial score (nSPS) is 14.6. The summed E-state index contributed by atoms with van der Waals surface area (Å²) in [5.41, 5.74) is 2.20. The second-order valence-corrected chi connectivity index (χ2v) is 9.15. The molecule has 1 saturated heterocycles. The summed E-state index contributed by atoms with van der Waals surface area (Å²) >= 11 is 0. The van der Waals surface area contributed by atoms with E-state index < -0.39 is 0 Å². The summed E-state index contributed by atoms with van der Waals surface area (Å²) in [6, 6.07) is 9.85. The number of fused-ring (bicyclic) bond motifs is 1. The Morgan fingerprint density at radius 1 is 1.11 bits per heavy atom. The Morgan fingerprint density at radius 2 is 1.84 bits per heavy atom. The number of methoxy groups -OCH3 is 3. The van der Waals surface area contributed by atoms with Crippen molar-refractivity contribution in [2.45, 2.75) is 32.5 Å². The molecule has 3 aromatic rings. The summed E-state index contributed by atoms with van der Waals surface area (Å²) in [7, 11) is 8.49. The van der Waals surface area contributed by atoms with Crippen LogP contribution in [0, 0.1) is 0 Å². The summed E-state index contributed by atoms with van der Waals surface area (Å²) in [6.45, 7) is 3.95. The average Bonchev–Trinajstić information content (AvgIpc) is 2.91. The third kappa shape index (κ3) is 5.80. The molecule has 1 aliphatic rings. The standard InChI is InChI=1S/C27H35N5O5/c1-17(31(2)3)28-19-9-7-8-18(14-19)16-37-20-10-12-32(13-11-20)27-29-21-15-22(34-4)24(35-5)25(36-6)23(21)26(33)30-27/h7-9,14-15,20H,10-13,16H2,1-6H3,(H,29,30,33). The third-order valence-corrected chi connectivity index (χ3v) is 6.57. The van der Waals surface area contributed by atoms with Gasteiger partial charge in [0, 0.05) is 33.3 Å². The molecule has 0 saturated carbocycles. The van der Waals surface area contributed by atoms with Crippen LogP contribution in [0.15, 0.2) is 40.1 Å². The molecule has 10 heteroatoms. The predicted octanol–water partition coefficient (Wildman–Crippen LogP) is 3.75. The van der Waals surface area contributed by atoms with Gasteiger partial charge in [0.05, 0.1) is 45.2 Å². The number of benzene rings is 2. The molecule has 2 heterocycles. The number of aliphatic imine (C=N–C) groups is 1. The van der Waals surface area contributed by atoms with Crippen LogP contribution < -0.4 is 24.7 Å². The van der Waals surface area contributed by atoms with Crippen molar-refractivity contribution in [1.29, 1.82) is 0 Å². The van der Waals surface area contributed by atoms with Crippen molar-refractivity contribution >= 4 is 28.4 Å². The lowest BCUT2D eigenvalue weighted by atomic mass is 10.1. The molecule has 10 nitrogen and oxygen atoms in total. The number of aromatic amines is 1. The third-order valence-electron chi connectivity index (χ3n) is 6.57. The zero-order valence-corrected chi connectivity index (χ0v) is 22.3. The van der Waals surface area contributed by atoms with Crippen LogP contribution in [-0.4, -0.2) is 75.3 Å². The second-order valence-electron chi connectivity index (χ2n) is 9.15. The quantitative estimate of drug-likeness (QED) is 0.362. The van der Waals surface area contributed by atoms with Crippen LogP contribution in [0.4, 0.5) is 11.6 Å². The summed E-state index contributed by atoms with van der Waals surface area (Å²) < 4.78 is 22.5.